The Morgan fingerprint density at radius 3 is 2.73 bits per heavy atom. The van der Waals surface area contributed by atoms with Crippen molar-refractivity contribution in [1.29, 1.82) is 0 Å². The van der Waals surface area contributed by atoms with Crippen molar-refractivity contribution in [2.24, 2.45) is 0 Å². The normalized spacial score (nSPS) is 10.2. The second kappa shape index (κ2) is 4.05. The Labute approximate surface area is 91.4 Å². The number of hydrogen-bond acceptors (Lipinski definition) is 0. The predicted octanol–water partition coefficient (Wildman–Crippen LogP) is 3.93. The summed E-state index contributed by atoms with van der Waals surface area (Å²) in [5, 5.41) is 0. The summed E-state index contributed by atoms with van der Waals surface area (Å²) < 4.78 is 14.5. The molecule has 0 aromatic heterocycles. The summed E-state index contributed by atoms with van der Waals surface area (Å²) in [5.74, 6) is -0.0478. The molecule has 0 atom stereocenters. The van der Waals surface area contributed by atoms with Crippen LogP contribution in [0.5, 0.6) is 0 Å². The number of rotatable bonds is 1. The van der Waals surface area contributed by atoms with Crippen LogP contribution in [0, 0.1) is 9.39 Å². The van der Waals surface area contributed by atoms with Crippen LogP contribution in [-0.2, 0) is 5.88 Å². The van der Waals surface area contributed by atoms with Crippen molar-refractivity contribution < 1.29 is 4.39 Å². The lowest BCUT2D eigenvalue weighted by Gasteiger charge is -2.01. The van der Waals surface area contributed by atoms with E-state index in [4.69, 9.17) is 11.6 Å². The molecule has 1 aromatic rings. The lowest BCUT2D eigenvalue weighted by molar-refractivity contribution is 0.609. The molecule has 0 spiro atoms. The molecule has 0 aliphatic carbocycles. The van der Waals surface area contributed by atoms with Gasteiger partial charge in [0.2, 0.25) is 0 Å². The molecule has 0 saturated carbocycles. The van der Waals surface area contributed by atoms with E-state index in [1.54, 1.807) is 6.07 Å². The maximum absolute atomic E-state index is 13.1. The summed E-state index contributed by atoms with van der Waals surface area (Å²) >= 11 is 10.7. The Morgan fingerprint density at radius 2 is 2.18 bits per heavy atom. The van der Waals surface area contributed by atoms with Gasteiger partial charge < -0.3 is 0 Å². The second-order valence-electron chi connectivity index (χ2n) is 1.97. The SMILES string of the molecule is Fc1c(CCl)ccc(I)c1Br. The van der Waals surface area contributed by atoms with Gasteiger partial charge in [0.15, 0.2) is 0 Å². The predicted molar refractivity (Wildman–Crippen MR) is 56.4 cm³/mol. The quantitative estimate of drug-likeness (QED) is 0.409. The molecular weight excluding hydrogens is 345 g/mol. The summed E-state index contributed by atoms with van der Waals surface area (Å²) in [7, 11) is 0. The molecule has 0 aliphatic rings. The number of benzene rings is 1. The molecule has 0 N–H and O–H groups in total. The Kier molecular flexibility index (Phi) is 3.58. The standard InChI is InChI=1S/C7H4BrClFI/c8-6-5(11)2-1-4(3-9)7(6)10/h1-2H,3H2. The first-order valence-electron chi connectivity index (χ1n) is 2.85. The van der Waals surface area contributed by atoms with E-state index < -0.39 is 0 Å². The molecule has 0 saturated heterocycles. The van der Waals surface area contributed by atoms with Crippen molar-refractivity contribution in [3.8, 4) is 0 Å². The van der Waals surface area contributed by atoms with Crippen LogP contribution in [0.15, 0.2) is 16.6 Å². The first-order valence-corrected chi connectivity index (χ1v) is 5.25. The first-order chi connectivity index (χ1) is 5.16. The fourth-order valence-electron chi connectivity index (χ4n) is 0.669. The number of alkyl halides is 1. The summed E-state index contributed by atoms with van der Waals surface area (Å²) in [4.78, 5) is 0. The maximum atomic E-state index is 13.1. The smallest absolute Gasteiger partial charge is 0.142 e. The first kappa shape index (κ1) is 9.74. The molecule has 0 fully saturated rings. The fourth-order valence-corrected chi connectivity index (χ4v) is 1.68. The summed E-state index contributed by atoms with van der Waals surface area (Å²) in [6.07, 6.45) is 0. The van der Waals surface area contributed by atoms with Crippen LogP contribution in [0.25, 0.3) is 0 Å². The summed E-state index contributed by atoms with van der Waals surface area (Å²) in [5.41, 5.74) is 0.527. The van der Waals surface area contributed by atoms with E-state index >= 15 is 0 Å². The molecule has 0 nitrogen and oxygen atoms in total. The highest BCUT2D eigenvalue weighted by Crippen LogP contribution is 2.25. The molecule has 0 bridgehead atoms. The van der Waals surface area contributed by atoms with Crippen LogP contribution in [0.3, 0.4) is 0 Å². The van der Waals surface area contributed by atoms with Crippen molar-refractivity contribution in [2.75, 3.05) is 0 Å². The molecule has 11 heavy (non-hydrogen) atoms. The average molecular weight is 349 g/mol. The third-order valence-electron chi connectivity index (χ3n) is 1.26. The third kappa shape index (κ3) is 2.06. The summed E-state index contributed by atoms with van der Waals surface area (Å²) in [6, 6.07) is 3.51. The van der Waals surface area contributed by atoms with Crippen molar-refractivity contribution in [2.45, 2.75) is 5.88 Å². The van der Waals surface area contributed by atoms with Crippen LogP contribution >= 0.6 is 50.1 Å². The highest BCUT2D eigenvalue weighted by atomic mass is 127. The van der Waals surface area contributed by atoms with Gasteiger partial charge in [0.05, 0.1) is 10.4 Å². The largest absolute Gasteiger partial charge is 0.205 e. The summed E-state index contributed by atoms with van der Waals surface area (Å²) in [6.45, 7) is 0. The molecular formula is C7H4BrClFI. The molecule has 1 aromatic carbocycles. The van der Waals surface area contributed by atoms with Crippen molar-refractivity contribution in [3.05, 3.63) is 31.6 Å². The number of halogens is 4. The lowest BCUT2D eigenvalue weighted by atomic mass is 10.2. The van der Waals surface area contributed by atoms with Crippen LogP contribution in [0.2, 0.25) is 0 Å². The van der Waals surface area contributed by atoms with E-state index in [0.717, 1.165) is 3.57 Å². The van der Waals surface area contributed by atoms with Crippen LogP contribution in [0.4, 0.5) is 4.39 Å². The molecule has 0 amide bonds. The van der Waals surface area contributed by atoms with Crippen molar-refractivity contribution in [3.63, 3.8) is 0 Å². The topological polar surface area (TPSA) is 0 Å². The van der Waals surface area contributed by atoms with Gasteiger partial charge in [-0.2, -0.15) is 0 Å². The molecule has 4 heteroatoms. The third-order valence-corrected chi connectivity index (χ3v) is 3.96. The van der Waals surface area contributed by atoms with E-state index in [-0.39, 0.29) is 11.7 Å². The minimum absolute atomic E-state index is 0.210. The Morgan fingerprint density at radius 1 is 1.55 bits per heavy atom. The van der Waals surface area contributed by atoms with Gasteiger partial charge in [-0.05, 0) is 44.6 Å². The van der Waals surface area contributed by atoms with Crippen LogP contribution in [-0.4, -0.2) is 0 Å². The average Bonchev–Trinajstić information content (AvgIpc) is 2.01. The van der Waals surface area contributed by atoms with Gasteiger partial charge in [-0.3, -0.25) is 0 Å². The monoisotopic (exact) mass is 348 g/mol. The highest BCUT2D eigenvalue weighted by molar-refractivity contribution is 14.1. The van der Waals surface area contributed by atoms with Crippen molar-refractivity contribution >= 4 is 50.1 Å². The Balaban J connectivity index is 3.25. The van der Waals surface area contributed by atoms with Gasteiger partial charge in [-0.15, -0.1) is 11.6 Å². The Hall–Kier alpha value is 0.650. The van der Waals surface area contributed by atoms with Gasteiger partial charge >= 0.3 is 0 Å². The zero-order valence-corrected chi connectivity index (χ0v) is 9.87. The van der Waals surface area contributed by atoms with Gasteiger partial charge in [-0.25, -0.2) is 4.39 Å². The second-order valence-corrected chi connectivity index (χ2v) is 4.19. The number of hydrogen-bond donors (Lipinski definition) is 0. The maximum Gasteiger partial charge on any atom is 0.142 e. The van der Waals surface area contributed by atoms with E-state index in [2.05, 4.69) is 38.5 Å². The minimum Gasteiger partial charge on any atom is -0.205 e. The lowest BCUT2D eigenvalue weighted by Crippen LogP contribution is -1.89. The van der Waals surface area contributed by atoms with E-state index in [0.29, 0.717) is 10.0 Å². The molecule has 0 unspecified atom stereocenters. The fraction of sp³-hybridized carbons (Fsp3) is 0.143. The van der Waals surface area contributed by atoms with E-state index in [1.165, 1.54) is 0 Å². The van der Waals surface area contributed by atoms with Gasteiger partial charge in [0, 0.05) is 9.13 Å². The highest BCUT2D eigenvalue weighted by Gasteiger charge is 2.07. The molecule has 0 aliphatic heterocycles. The van der Waals surface area contributed by atoms with Crippen molar-refractivity contribution in [1.82, 2.24) is 0 Å². The molecule has 60 valence electrons. The van der Waals surface area contributed by atoms with Crippen LogP contribution < -0.4 is 0 Å². The molecule has 1 rings (SSSR count). The van der Waals surface area contributed by atoms with Gasteiger partial charge in [-0.1, -0.05) is 6.07 Å². The van der Waals surface area contributed by atoms with Crippen LogP contribution in [0.1, 0.15) is 5.56 Å². The zero-order chi connectivity index (χ0) is 8.43. The molecule has 0 heterocycles. The minimum atomic E-state index is -0.257. The van der Waals surface area contributed by atoms with E-state index in [1.807, 2.05) is 6.07 Å². The van der Waals surface area contributed by atoms with Gasteiger partial charge in [0.25, 0.3) is 0 Å². The molecule has 0 radical (unpaired) electrons. The Bertz CT molecular complexity index is 277. The zero-order valence-electron chi connectivity index (χ0n) is 5.37. The van der Waals surface area contributed by atoms with E-state index in [9.17, 15) is 4.39 Å². The van der Waals surface area contributed by atoms with Gasteiger partial charge in [0.1, 0.15) is 5.82 Å².